The number of likely N-dealkylation sites (tertiary alicyclic amines) is 1. The van der Waals surface area contributed by atoms with Gasteiger partial charge in [0.05, 0.1) is 5.39 Å². The fourth-order valence-corrected chi connectivity index (χ4v) is 4.40. The van der Waals surface area contributed by atoms with E-state index in [0.717, 1.165) is 16.7 Å². The van der Waals surface area contributed by atoms with E-state index in [9.17, 15) is 14.4 Å². The summed E-state index contributed by atoms with van der Waals surface area (Å²) in [7, 11) is 0. The van der Waals surface area contributed by atoms with E-state index in [-0.39, 0.29) is 30.0 Å². The highest BCUT2D eigenvalue weighted by Crippen LogP contribution is 2.32. The molecule has 3 aromatic rings. The highest BCUT2D eigenvalue weighted by molar-refractivity contribution is 5.89. The molecule has 0 unspecified atom stereocenters. The molecule has 1 fully saturated rings. The molecule has 2 aromatic carbocycles. The van der Waals surface area contributed by atoms with Crippen molar-refractivity contribution in [3.05, 3.63) is 75.1 Å². The Bertz CT molecular complexity index is 1240. The van der Waals surface area contributed by atoms with Gasteiger partial charge in [0.25, 0.3) is 5.91 Å². The molecule has 0 radical (unpaired) electrons. The van der Waals surface area contributed by atoms with Crippen LogP contribution in [0.1, 0.15) is 35.1 Å². The van der Waals surface area contributed by atoms with E-state index in [4.69, 9.17) is 14.9 Å². The van der Waals surface area contributed by atoms with Crippen LogP contribution in [0, 0.1) is 19.8 Å². The minimum absolute atomic E-state index is 0.133. The number of hydrogen-bond acceptors (Lipinski definition) is 5. The number of fused-ring (bicyclic) bond motifs is 1. The normalized spacial score (nSPS) is 14.4. The zero-order valence-electron chi connectivity index (χ0n) is 18.9. The van der Waals surface area contributed by atoms with Crippen LogP contribution in [0.15, 0.2) is 51.7 Å². The Labute approximate surface area is 192 Å². The fourth-order valence-electron chi connectivity index (χ4n) is 4.40. The molecule has 1 aliphatic heterocycles. The lowest BCUT2D eigenvalue weighted by atomic mass is 9.96. The van der Waals surface area contributed by atoms with E-state index in [1.54, 1.807) is 11.0 Å². The molecule has 0 spiro atoms. The second-order valence-corrected chi connectivity index (χ2v) is 8.64. The van der Waals surface area contributed by atoms with Crippen molar-refractivity contribution in [1.29, 1.82) is 0 Å². The van der Waals surface area contributed by atoms with Crippen LogP contribution >= 0.6 is 0 Å². The van der Waals surface area contributed by atoms with Gasteiger partial charge in [-0.25, -0.2) is 4.79 Å². The van der Waals surface area contributed by atoms with Gasteiger partial charge in [-0.1, -0.05) is 30.3 Å². The van der Waals surface area contributed by atoms with Gasteiger partial charge in [-0.15, -0.1) is 0 Å². The summed E-state index contributed by atoms with van der Waals surface area (Å²) in [5.41, 5.74) is 8.69. The van der Waals surface area contributed by atoms with E-state index in [1.165, 1.54) is 0 Å². The lowest BCUT2D eigenvalue weighted by Gasteiger charge is -2.30. The van der Waals surface area contributed by atoms with Gasteiger partial charge in [-0.3, -0.25) is 9.59 Å². The highest BCUT2D eigenvalue weighted by atomic mass is 16.5. The maximum Gasteiger partial charge on any atom is 0.340 e. The minimum atomic E-state index is -0.367. The molecule has 1 aliphatic rings. The number of nitrogens with zero attached hydrogens (tertiary/aromatic N) is 1. The zero-order valence-corrected chi connectivity index (χ0v) is 18.9. The molecule has 1 saturated heterocycles. The second kappa shape index (κ2) is 9.48. The van der Waals surface area contributed by atoms with Gasteiger partial charge in [0, 0.05) is 31.0 Å². The molecular weight excluding hydrogens is 420 g/mol. The van der Waals surface area contributed by atoms with Crippen LogP contribution < -0.4 is 16.1 Å². The third-order valence-corrected chi connectivity index (χ3v) is 6.31. The van der Waals surface area contributed by atoms with Crippen LogP contribution in [0.5, 0.6) is 5.75 Å². The van der Waals surface area contributed by atoms with Crippen molar-refractivity contribution in [2.45, 2.75) is 33.1 Å². The first-order chi connectivity index (χ1) is 15.8. The number of carbonyl (C=O) groups is 2. The molecule has 0 aliphatic carbocycles. The van der Waals surface area contributed by atoms with Gasteiger partial charge < -0.3 is 19.8 Å². The monoisotopic (exact) mass is 448 g/mol. The lowest BCUT2D eigenvalue weighted by molar-refractivity contribution is -0.136. The van der Waals surface area contributed by atoms with Gasteiger partial charge in [-0.2, -0.15) is 0 Å². The van der Waals surface area contributed by atoms with Gasteiger partial charge in [0.2, 0.25) is 5.91 Å². The molecule has 4 rings (SSSR count). The first kappa shape index (κ1) is 22.6. The first-order valence-electron chi connectivity index (χ1n) is 11.1. The molecule has 1 aromatic heterocycles. The standard InChI is InChI=1S/C26H28N2O5/c1-16-12-21(32-15-23(29)28-10-8-19(9-11-28)25(27)30)24-17(2)20(26(31)33-22(24)13-16)14-18-6-4-3-5-7-18/h3-7,12-13,19H,8-11,14-15H2,1-2H3,(H2,27,30). The summed E-state index contributed by atoms with van der Waals surface area (Å²) in [6.45, 7) is 4.61. The summed E-state index contributed by atoms with van der Waals surface area (Å²) in [5.74, 6) is -0.120. The number of aryl methyl sites for hydroxylation is 2. The lowest BCUT2D eigenvalue weighted by Crippen LogP contribution is -2.43. The SMILES string of the molecule is Cc1cc(OCC(=O)N2CCC(C(N)=O)CC2)c2c(C)c(Cc3ccccc3)c(=O)oc2c1. The molecule has 172 valence electrons. The summed E-state index contributed by atoms with van der Waals surface area (Å²) in [6.07, 6.45) is 1.59. The third-order valence-electron chi connectivity index (χ3n) is 6.31. The summed E-state index contributed by atoms with van der Waals surface area (Å²) in [6, 6.07) is 13.4. The van der Waals surface area contributed by atoms with Gasteiger partial charge >= 0.3 is 5.63 Å². The number of piperidine rings is 1. The average Bonchev–Trinajstić information content (AvgIpc) is 2.80. The number of nitrogens with two attached hydrogens (primary N) is 1. The molecule has 2 amide bonds. The van der Waals surface area contributed by atoms with E-state index >= 15 is 0 Å². The Morgan fingerprint density at radius 3 is 2.48 bits per heavy atom. The molecule has 2 heterocycles. The largest absolute Gasteiger partial charge is 0.483 e. The van der Waals surface area contributed by atoms with Crippen molar-refractivity contribution in [2.24, 2.45) is 11.7 Å². The number of amides is 2. The maximum atomic E-state index is 12.7. The van der Waals surface area contributed by atoms with Crippen molar-refractivity contribution in [3.63, 3.8) is 0 Å². The Morgan fingerprint density at radius 1 is 1.12 bits per heavy atom. The highest BCUT2D eigenvalue weighted by Gasteiger charge is 2.26. The van der Waals surface area contributed by atoms with E-state index < -0.39 is 0 Å². The second-order valence-electron chi connectivity index (χ2n) is 8.64. The quantitative estimate of drug-likeness (QED) is 0.584. The Hall–Kier alpha value is -3.61. The third kappa shape index (κ3) is 4.92. The predicted octanol–water partition coefficient (Wildman–Crippen LogP) is 3.10. The van der Waals surface area contributed by atoms with E-state index in [1.807, 2.05) is 50.2 Å². The van der Waals surface area contributed by atoms with Crippen LogP contribution in [0.3, 0.4) is 0 Å². The van der Waals surface area contributed by atoms with Crippen molar-refractivity contribution in [3.8, 4) is 5.75 Å². The van der Waals surface area contributed by atoms with Crippen molar-refractivity contribution in [2.75, 3.05) is 19.7 Å². The van der Waals surface area contributed by atoms with Crippen LogP contribution in [0.25, 0.3) is 11.0 Å². The Morgan fingerprint density at radius 2 is 1.82 bits per heavy atom. The number of carbonyl (C=O) groups excluding carboxylic acids is 2. The zero-order chi connectivity index (χ0) is 23.5. The average molecular weight is 449 g/mol. The maximum absolute atomic E-state index is 12.7. The summed E-state index contributed by atoms with van der Waals surface area (Å²) < 4.78 is 11.6. The Kier molecular flexibility index (Phi) is 6.49. The van der Waals surface area contributed by atoms with Gasteiger partial charge in [0.1, 0.15) is 11.3 Å². The van der Waals surface area contributed by atoms with Crippen molar-refractivity contribution in [1.82, 2.24) is 4.90 Å². The predicted molar refractivity (Wildman–Crippen MR) is 125 cm³/mol. The number of rotatable bonds is 6. The van der Waals surface area contributed by atoms with Crippen LogP contribution in [0.2, 0.25) is 0 Å². The number of ether oxygens (including phenoxy) is 1. The fraction of sp³-hybridized carbons (Fsp3) is 0.346. The molecular formula is C26H28N2O5. The van der Waals surface area contributed by atoms with Gasteiger partial charge in [0.15, 0.2) is 6.61 Å². The topological polar surface area (TPSA) is 103 Å². The van der Waals surface area contributed by atoms with Crippen LogP contribution in [-0.2, 0) is 16.0 Å². The molecule has 7 heteroatoms. The molecule has 0 bridgehead atoms. The van der Waals surface area contributed by atoms with Crippen LogP contribution in [-0.4, -0.2) is 36.4 Å². The summed E-state index contributed by atoms with van der Waals surface area (Å²) in [5, 5.41) is 0.700. The number of hydrogen-bond donors (Lipinski definition) is 1. The van der Waals surface area contributed by atoms with Gasteiger partial charge in [-0.05, 0) is 55.5 Å². The first-order valence-corrected chi connectivity index (χ1v) is 11.1. The smallest absolute Gasteiger partial charge is 0.340 e. The van der Waals surface area contributed by atoms with Crippen molar-refractivity contribution >= 4 is 22.8 Å². The number of benzene rings is 2. The molecule has 2 N–H and O–H groups in total. The van der Waals surface area contributed by atoms with E-state index in [0.29, 0.717) is 54.6 Å². The molecule has 0 atom stereocenters. The molecule has 7 nitrogen and oxygen atoms in total. The van der Waals surface area contributed by atoms with Crippen LogP contribution in [0.4, 0.5) is 0 Å². The summed E-state index contributed by atoms with van der Waals surface area (Å²) in [4.78, 5) is 38.5. The number of primary amides is 1. The minimum Gasteiger partial charge on any atom is -0.483 e. The Balaban J connectivity index is 1.58. The summed E-state index contributed by atoms with van der Waals surface area (Å²) >= 11 is 0. The molecule has 0 saturated carbocycles. The van der Waals surface area contributed by atoms with E-state index in [2.05, 4.69) is 0 Å². The van der Waals surface area contributed by atoms with Crippen molar-refractivity contribution < 1.29 is 18.7 Å². The molecule has 33 heavy (non-hydrogen) atoms.